The molecule has 0 radical (unpaired) electrons. The van der Waals surface area contributed by atoms with E-state index in [4.69, 9.17) is 0 Å². The Morgan fingerprint density at radius 3 is 2.29 bits per heavy atom. The standard InChI is InChI=1S/C9H7F5O2S/c1-17-5-2-3-6(15-8(10)11)7(4-5)16-9(12,13)14/h2-4,8H,1H3. The van der Waals surface area contributed by atoms with Gasteiger partial charge in [-0.3, -0.25) is 0 Å². The fourth-order valence-corrected chi connectivity index (χ4v) is 1.44. The minimum atomic E-state index is -4.96. The van der Waals surface area contributed by atoms with E-state index in [1.807, 2.05) is 0 Å². The van der Waals surface area contributed by atoms with Crippen LogP contribution >= 0.6 is 11.8 Å². The van der Waals surface area contributed by atoms with Crippen molar-refractivity contribution in [1.29, 1.82) is 0 Å². The third-order valence-corrected chi connectivity index (χ3v) is 2.32. The smallest absolute Gasteiger partial charge is 0.431 e. The molecule has 0 atom stereocenters. The molecule has 0 aliphatic carbocycles. The highest BCUT2D eigenvalue weighted by atomic mass is 32.2. The summed E-state index contributed by atoms with van der Waals surface area (Å²) in [5.41, 5.74) is 0. The first kappa shape index (κ1) is 13.9. The Morgan fingerprint density at radius 1 is 1.18 bits per heavy atom. The molecule has 0 fully saturated rings. The number of thioether (sulfide) groups is 1. The molecule has 0 saturated heterocycles. The first-order valence-electron chi connectivity index (χ1n) is 4.20. The second-order valence-corrected chi connectivity index (χ2v) is 3.62. The number of rotatable bonds is 4. The summed E-state index contributed by atoms with van der Waals surface area (Å²) in [6, 6.07) is 3.33. The first-order chi connectivity index (χ1) is 7.81. The lowest BCUT2D eigenvalue weighted by molar-refractivity contribution is -0.275. The van der Waals surface area contributed by atoms with E-state index in [0.717, 1.165) is 23.9 Å². The van der Waals surface area contributed by atoms with Crippen LogP contribution in [0.5, 0.6) is 11.5 Å². The number of hydrogen-bond acceptors (Lipinski definition) is 3. The van der Waals surface area contributed by atoms with Crippen molar-refractivity contribution in [3.8, 4) is 11.5 Å². The maximum atomic E-state index is 12.0. The minimum absolute atomic E-state index is 0.436. The fourth-order valence-electron chi connectivity index (χ4n) is 1.01. The molecule has 0 amide bonds. The molecule has 17 heavy (non-hydrogen) atoms. The van der Waals surface area contributed by atoms with E-state index in [1.165, 1.54) is 6.07 Å². The molecular weight excluding hydrogens is 267 g/mol. The Bertz CT molecular complexity index is 380. The Kier molecular flexibility index (Phi) is 4.44. The molecule has 0 heterocycles. The van der Waals surface area contributed by atoms with Gasteiger partial charge in [0, 0.05) is 4.90 Å². The molecular formula is C9H7F5O2S. The Hall–Kier alpha value is -1.18. The second-order valence-electron chi connectivity index (χ2n) is 2.74. The molecule has 0 N–H and O–H groups in total. The lowest BCUT2D eigenvalue weighted by atomic mass is 10.3. The van der Waals surface area contributed by atoms with Crippen LogP contribution in [0.1, 0.15) is 0 Å². The molecule has 8 heteroatoms. The van der Waals surface area contributed by atoms with Gasteiger partial charge in [-0.25, -0.2) is 0 Å². The Balaban J connectivity index is 3.03. The predicted octanol–water partition coefficient (Wildman–Crippen LogP) is 3.91. The molecule has 1 rings (SSSR count). The van der Waals surface area contributed by atoms with Crippen molar-refractivity contribution in [2.24, 2.45) is 0 Å². The summed E-state index contributed by atoms with van der Waals surface area (Å²) >= 11 is 1.15. The van der Waals surface area contributed by atoms with Gasteiger partial charge in [0.2, 0.25) is 0 Å². The fraction of sp³-hybridized carbons (Fsp3) is 0.333. The molecule has 0 bridgehead atoms. The summed E-state index contributed by atoms with van der Waals surface area (Å²) in [5.74, 6) is -1.44. The summed E-state index contributed by atoms with van der Waals surface area (Å²) in [6.45, 7) is -3.22. The summed E-state index contributed by atoms with van der Waals surface area (Å²) in [5, 5.41) is 0. The number of halogens is 5. The quantitative estimate of drug-likeness (QED) is 0.612. The van der Waals surface area contributed by atoms with Crippen molar-refractivity contribution in [3.05, 3.63) is 18.2 Å². The summed E-state index contributed by atoms with van der Waals surface area (Å²) < 4.78 is 67.5. The largest absolute Gasteiger partial charge is 0.573 e. The van der Waals surface area contributed by atoms with Gasteiger partial charge in [-0.2, -0.15) is 8.78 Å². The third-order valence-electron chi connectivity index (χ3n) is 1.59. The highest BCUT2D eigenvalue weighted by Crippen LogP contribution is 2.36. The van der Waals surface area contributed by atoms with Gasteiger partial charge in [-0.1, -0.05) is 0 Å². The van der Waals surface area contributed by atoms with E-state index >= 15 is 0 Å². The molecule has 1 aromatic carbocycles. The summed E-state index contributed by atoms with van der Waals surface area (Å²) in [4.78, 5) is 0.436. The zero-order chi connectivity index (χ0) is 13.1. The topological polar surface area (TPSA) is 18.5 Å². The minimum Gasteiger partial charge on any atom is -0.431 e. The summed E-state index contributed by atoms with van der Waals surface area (Å²) in [6.07, 6.45) is -3.34. The molecule has 0 aromatic heterocycles. The van der Waals surface area contributed by atoms with Gasteiger partial charge in [0.05, 0.1) is 0 Å². The molecule has 0 aliphatic rings. The van der Waals surface area contributed by atoms with Gasteiger partial charge in [0.25, 0.3) is 0 Å². The number of hydrogen-bond donors (Lipinski definition) is 0. The van der Waals surface area contributed by atoms with Gasteiger partial charge in [-0.05, 0) is 24.5 Å². The van der Waals surface area contributed by atoms with Crippen molar-refractivity contribution >= 4 is 11.8 Å². The van der Waals surface area contributed by atoms with Crippen LogP contribution < -0.4 is 9.47 Å². The van der Waals surface area contributed by atoms with E-state index in [0.29, 0.717) is 4.90 Å². The van der Waals surface area contributed by atoms with Crippen molar-refractivity contribution in [2.75, 3.05) is 6.26 Å². The highest BCUT2D eigenvalue weighted by molar-refractivity contribution is 7.98. The van der Waals surface area contributed by atoms with Crippen LogP contribution in [-0.4, -0.2) is 19.2 Å². The van der Waals surface area contributed by atoms with Crippen LogP contribution in [0.2, 0.25) is 0 Å². The molecule has 2 nitrogen and oxygen atoms in total. The van der Waals surface area contributed by atoms with E-state index in [9.17, 15) is 22.0 Å². The maximum Gasteiger partial charge on any atom is 0.573 e. The molecule has 1 aromatic rings. The number of ether oxygens (including phenoxy) is 2. The van der Waals surface area contributed by atoms with Gasteiger partial charge in [0.1, 0.15) is 0 Å². The normalized spacial score (nSPS) is 11.7. The van der Waals surface area contributed by atoms with Gasteiger partial charge in [-0.15, -0.1) is 24.9 Å². The SMILES string of the molecule is CSc1ccc(OC(F)F)c(OC(F)(F)F)c1. The molecule has 0 unspecified atom stereocenters. The molecule has 0 aliphatic heterocycles. The summed E-state index contributed by atoms with van der Waals surface area (Å²) in [7, 11) is 0. The lowest BCUT2D eigenvalue weighted by Gasteiger charge is -2.14. The molecule has 0 spiro atoms. The molecule has 0 saturated carbocycles. The zero-order valence-electron chi connectivity index (χ0n) is 8.42. The van der Waals surface area contributed by atoms with Crippen LogP contribution in [0.3, 0.4) is 0 Å². The zero-order valence-corrected chi connectivity index (χ0v) is 9.24. The van der Waals surface area contributed by atoms with Crippen LogP contribution in [0.25, 0.3) is 0 Å². The highest BCUT2D eigenvalue weighted by Gasteiger charge is 2.33. The van der Waals surface area contributed by atoms with Crippen molar-refractivity contribution in [3.63, 3.8) is 0 Å². The van der Waals surface area contributed by atoms with Crippen molar-refractivity contribution < 1.29 is 31.4 Å². The third kappa shape index (κ3) is 4.68. The Labute approximate surface area is 97.7 Å². The van der Waals surface area contributed by atoms with E-state index in [2.05, 4.69) is 9.47 Å². The van der Waals surface area contributed by atoms with E-state index < -0.39 is 24.5 Å². The van der Waals surface area contributed by atoms with Gasteiger partial charge >= 0.3 is 13.0 Å². The van der Waals surface area contributed by atoms with Crippen LogP contribution in [0.15, 0.2) is 23.1 Å². The average Bonchev–Trinajstić information content (AvgIpc) is 2.17. The van der Waals surface area contributed by atoms with E-state index in [1.54, 1.807) is 6.26 Å². The number of benzene rings is 1. The number of alkyl halides is 5. The van der Waals surface area contributed by atoms with Crippen molar-refractivity contribution in [2.45, 2.75) is 17.9 Å². The van der Waals surface area contributed by atoms with Crippen molar-refractivity contribution in [1.82, 2.24) is 0 Å². The van der Waals surface area contributed by atoms with Gasteiger partial charge < -0.3 is 9.47 Å². The average molecular weight is 274 g/mol. The maximum absolute atomic E-state index is 12.0. The lowest BCUT2D eigenvalue weighted by Crippen LogP contribution is -2.18. The van der Waals surface area contributed by atoms with Crippen LogP contribution in [0, 0.1) is 0 Å². The first-order valence-corrected chi connectivity index (χ1v) is 5.43. The van der Waals surface area contributed by atoms with Crippen LogP contribution in [-0.2, 0) is 0 Å². The Morgan fingerprint density at radius 2 is 1.82 bits per heavy atom. The van der Waals surface area contributed by atoms with Crippen LogP contribution in [0.4, 0.5) is 22.0 Å². The predicted molar refractivity (Wildman–Crippen MR) is 51.5 cm³/mol. The van der Waals surface area contributed by atoms with Gasteiger partial charge in [0.15, 0.2) is 11.5 Å². The monoisotopic (exact) mass is 274 g/mol. The van der Waals surface area contributed by atoms with E-state index in [-0.39, 0.29) is 0 Å². The second kappa shape index (κ2) is 5.44. The molecule has 96 valence electrons.